The van der Waals surface area contributed by atoms with Crippen LogP contribution in [-0.2, 0) is 9.47 Å². The molecule has 2 saturated heterocycles. The second kappa shape index (κ2) is 7.93. The Bertz CT molecular complexity index is 538. The molecule has 2 fully saturated rings. The Morgan fingerprint density at radius 2 is 1.25 bits per heavy atom. The third-order valence-corrected chi connectivity index (χ3v) is 3.82. The number of morpholine rings is 2. The molecule has 0 unspecified atom stereocenters. The molecular formula is C15H21N5O4. The molecule has 0 aromatic carbocycles. The van der Waals surface area contributed by atoms with Gasteiger partial charge >= 0.3 is 12.1 Å². The summed E-state index contributed by atoms with van der Waals surface area (Å²) in [6.45, 7) is 4.37. The predicted octanol–water partition coefficient (Wildman–Crippen LogP) is 0.810. The average Bonchev–Trinajstić information content (AvgIpc) is 2.63. The van der Waals surface area contributed by atoms with Crippen molar-refractivity contribution in [3.8, 4) is 0 Å². The van der Waals surface area contributed by atoms with Crippen molar-refractivity contribution in [2.45, 2.75) is 0 Å². The molecule has 2 aliphatic rings. The van der Waals surface area contributed by atoms with E-state index in [0.29, 0.717) is 64.2 Å². The lowest BCUT2D eigenvalue weighted by Gasteiger charge is -2.27. The maximum absolute atomic E-state index is 12.2. The first-order valence-corrected chi connectivity index (χ1v) is 7.97. The number of urea groups is 2. The maximum Gasteiger partial charge on any atom is 0.323 e. The van der Waals surface area contributed by atoms with Gasteiger partial charge in [-0.15, -0.1) is 0 Å². The van der Waals surface area contributed by atoms with Gasteiger partial charge in [0.25, 0.3) is 0 Å². The summed E-state index contributed by atoms with van der Waals surface area (Å²) in [6, 6.07) is 4.66. The number of hydrogen-bond acceptors (Lipinski definition) is 5. The van der Waals surface area contributed by atoms with Gasteiger partial charge in [-0.25, -0.2) is 14.6 Å². The molecule has 3 heterocycles. The Labute approximate surface area is 139 Å². The highest BCUT2D eigenvalue weighted by atomic mass is 16.5. The predicted molar refractivity (Wildman–Crippen MR) is 87.1 cm³/mol. The molecule has 1 aromatic rings. The standard InChI is InChI=1S/C15H21N5O4/c21-14(19-4-8-23-9-5-19)17-12-2-1-3-13(16-12)18-15(22)20-6-10-24-11-7-20/h1-3H,4-11H2,(H2,16,17,18,21,22). The Kier molecular flexibility index (Phi) is 5.44. The van der Waals surface area contributed by atoms with Crippen molar-refractivity contribution in [3.63, 3.8) is 0 Å². The number of nitrogens with one attached hydrogen (secondary N) is 2. The minimum Gasteiger partial charge on any atom is -0.378 e. The SMILES string of the molecule is O=C(Nc1cccc(NC(=O)N2CCOCC2)n1)N1CCOCC1. The smallest absolute Gasteiger partial charge is 0.323 e. The molecule has 0 radical (unpaired) electrons. The first kappa shape index (κ1) is 16.5. The van der Waals surface area contributed by atoms with E-state index >= 15 is 0 Å². The van der Waals surface area contributed by atoms with Crippen molar-refractivity contribution in [2.75, 3.05) is 63.2 Å². The summed E-state index contributed by atoms with van der Waals surface area (Å²) in [4.78, 5) is 31.9. The van der Waals surface area contributed by atoms with Gasteiger partial charge in [0.15, 0.2) is 0 Å². The highest BCUT2D eigenvalue weighted by Crippen LogP contribution is 2.12. The highest BCUT2D eigenvalue weighted by Gasteiger charge is 2.19. The number of nitrogens with zero attached hydrogens (tertiary/aromatic N) is 3. The molecule has 2 aliphatic heterocycles. The zero-order valence-electron chi connectivity index (χ0n) is 13.4. The van der Waals surface area contributed by atoms with Crippen LogP contribution in [0.2, 0.25) is 0 Å². The Morgan fingerprint density at radius 3 is 1.67 bits per heavy atom. The number of aromatic nitrogens is 1. The number of hydrogen-bond donors (Lipinski definition) is 2. The Morgan fingerprint density at radius 1 is 0.833 bits per heavy atom. The van der Waals surface area contributed by atoms with Crippen LogP contribution in [0.15, 0.2) is 18.2 Å². The van der Waals surface area contributed by atoms with Gasteiger partial charge in [0.2, 0.25) is 0 Å². The van der Waals surface area contributed by atoms with Crippen LogP contribution in [0.1, 0.15) is 0 Å². The van der Waals surface area contributed by atoms with Gasteiger partial charge in [0.1, 0.15) is 11.6 Å². The third kappa shape index (κ3) is 4.33. The van der Waals surface area contributed by atoms with E-state index in [-0.39, 0.29) is 12.1 Å². The van der Waals surface area contributed by atoms with E-state index in [1.165, 1.54) is 0 Å². The van der Waals surface area contributed by atoms with Crippen molar-refractivity contribution < 1.29 is 19.1 Å². The zero-order chi connectivity index (χ0) is 16.8. The molecule has 1 aromatic heterocycles. The number of amides is 4. The summed E-state index contributed by atoms with van der Waals surface area (Å²) >= 11 is 0. The van der Waals surface area contributed by atoms with Crippen LogP contribution in [0.3, 0.4) is 0 Å². The third-order valence-electron chi connectivity index (χ3n) is 3.82. The van der Waals surface area contributed by atoms with Gasteiger partial charge in [-0.1, -0.05) is 6.07 Å². The Balaban J connectivity index is 1.57. The molecule has 9 heteroatoms. The summed E-state index contributed by atoms with van der Waals surface area (Å²) in [5.74, 6) is 0.789. The maximum atomic E-state index is 12.2. The van der Waals surface area contributed by atoms with E-state index in [9.17, 15) is 9.59 Å². The molecule has 24 heavy (non-hydrogen) atoms. The number of carbonyl (C=O) groups excluding carboxylic acids is 2. The van der Waals surface area contributed by atoms with Crippen LogP contribution < -0.4 is 10.6 Å². The van der Waals surface area contributed by atoms with Crippen LogP contribution in [0.25, 0.3) is 0 Å². The first-order chi connectivity index (χ1) is 11.7. The van der Waals surface area contributed by atoms with Crippen molar-refractivity contribution in [1.82, 2.24) is 14.8 Å². The average molecular weight is 335 g/mol. The molecule has 0 aliphatic carbocycles. The fourth-order valence-electron chi connectivity index (χ4n) is 2.48. The van der Waals surface area contributed by atoms with E-state index in [2.05, 4.69) is 15.6 Å². The number of ether oxygens (including phenoxy) is 2. The molecule has 0 spiro atoms. The minimum atomic E-state index is -0.220. The minimum absolute atomic E-state index is 0.220. The van der Waals surface area contributed by atoms with Gasteiger partial charge in [-0.3, -0.25) is 10.6 Å². The van der Waals surface area contributed by atoms with Crippen molar-refractivity contribution in [1.29, 1.82) is 0 Å². The van der Waals surface area contributed by atoms with Crippen LogP contribution in [0.5, 0.6) is 0 Å². The second-order valence-electron chi connectivity index (χ2n) is 5.47. The van der Waals surface area contributed by atoms with Gasteiger partial charge in [0, 0.05) is 26.2 Å². The number of carbonyl (C=O) groups is 2. The van der Waals surface area contributed by atoms with E-state index in [1.54, 1.807) is 28.0 Å². The van der Waals surface area contributed by atoms with Crippen LogP contribution in [0, 0.1) is 0 Å². The van der Waals surface area contributed by atoms with E-state index in [1.807, 2.05) is 0 Å². The van der Waals surface area contributed by atoms with Gasteiger partial charge < -0.3 is 19.3 Å². The summed E-state index contributed by atoms with van der Waals surface area (Å²) in [5.41, 5.74) is 0. The summed E-state index contributed by atoms with van der Waals surface area (Å²) in [6.07, 6.45) is 0. The molecule has 0 saturated carbocycles. The van der Waals surface area contributed by atoms with Crippen molar-refractivity contribution in [2.24, 2.45) is 0 Å². The summed E-state index contributed by atoms with van der Waals surface area (Å²) < 4.78 is 10.4. The Hall–Kier alpha value is -2.39. The fourth-order valence-corrected chi connectivity index (χ4v) is 2.48. The topological polar surface area (TPSA) is 96.0 Å². The lowest BCUT2D eigenvalue weighted by molar-refractivity contribution is 0.0564. The van der Waals surface area contributed by atoms with Gasteiger partial charge in [-0.2, -0.15) is 0 Å². The lowest BCUT2D eigenvalue weighted by Crippen LogP contribution is -2.43. The lowest BCUT2D eigenvalue weighted by atomic mass is 10.4. The van der Waals surface area contributed by atoms with E-state index in [0.717, 1.165) is 0 Å². The number of pyridine rings is 1. The van der Waals surface area contributed by atoms with Crippen LogP contribution >= 0.6 is 0 Å². The van der Waals surface area contributed by atoms with Crippen LogP contribution in [0.4, 0.5) is 21.2 Å². The molecule has 4 amide bonds. The highest BCUT2D eigenvalue weighted by molar-refractivity contribution is 5.90. The number of rotatable bonds is 2. The first-order valence-electron chi connectivity index (χ1n) is 7.97. The van der Waals surface area contributed by atoms with Gasteiger partial charge in [0.05, 0.1) is 26.4 Å². The quantitative estimate of drug-likeness (QED) is 0.834. The summed E-state index contributed by atoms with van der Waals surface area (Å²) in [7, 11) is 0. The van der Waals surface area contributed by atoms with Crippen LogP contribution in [-0.4, -0.2) is 79.5 Å². The monoisotopic (exact) mass is 335 g/mol. The fraction of sp³-hybridized carbons (Fsp3) is 0.533. The molecule has 9 nitrogen and oxygen atoms in total. The molecule has 3 rings (SSSR count). The van der Waals surface area contributed by atoms with Crippen molar-refractivity contribution >= 4 is 23.7 Å². The molecule has 0 atom stereocenters. The molecule has 130 valence electrons. The van der Waals surface area contributed by atoms with Crippen molar-refractivity contribution in [3.05, 3.63) is 18.2 Å². The van der Waals surface area contributed by atoms with E-state index in [4.69, 9.17) is 9.47 Å². The molecular weight excluding hydrogens is 314 g/mol. The second-order valence-corrected chi connectivity index (χ2v) is 5.47. The molecule has 0 bridgehead atoms. The molecule has 2 N–H and O–H groups in total. The summed E-state index contributed by atoms with van der Waals surface area (Å²) in [5, 5.41) is 5.48. The van der Waals surface area contributed by atoms with E-state index < -0.39 is 0 Å². The zero-order valence-corrected chi connectivity index (χ0v) is 13.4. The number of anilines is 2. The largest absolute Gasteiger partial charge is 0.378 e. The van der Waals surface area contributed by atoms with Gasteiger partial charge in [-0.05, 0) is 12.1 Å². The normalized spacial score (nSPS) is 18.2.